The highest BCUT2D eigenvalue weighted by molar-refractivity contribution is 9.10. The molecule has 0 atom stereocenters. The molecule has 0 saturated carbocycles. The molecule has 8 rings (SSSR count). The van der Waals surface area contributed by atoms with Crippen LogP contribution >= 0.6 is 39.1 Å². The first-order chi connectivity index (χ1) is 35.4. The van der Waals surface area contributed by atoms with Gasteiger partial charge in [-0.2, -0.15) is 20.2 Å². The zero-order valence-corrected chi connectivity index (χ0v) is 43.8. The van der Waals surface area contributed by atoms with E-state index in [1.807, 2.05) is 64.1 Å². The first-order valence-corrected chi connectivity index (χ1v) is 24.1. The monoisotopic (exact) mass is 1110 g/mol. The second kappa shape index (κ2) is 26.4. The maximum Gasteiger partial charge on any atom is 0.488 e. The van der Waals surface area contributed by atoms with Crippen LogP contribution in [0, 0.1) is 39.3 Å². The van der Waals surface area contributed by atoms with Crippen LogP contribution in [-0.2, 0) is 19.1 Å². The number of ether oxygens (including phenoxy) is 2. The molecule has 8 aromatic rings. The van der Waals surface area contributed by atoms with E-state index in [1.54, 1.807) is 84.2 Å². The van der Waals surface area contributed by atoms with E-state index in [1.165, 1.54) is 36.4 Å². The summed E-state index contributed by atoms with van der Waals surface area (Å²) in [4.78, 5) is 40.6. The van der Waals surface area contributed by atoms with E-state index in [4.69, 9.17) is 47.7 Å². The molecule has 4 aromatic carbocycles. The summed E-state index contributed by atoms with van der Waals surface area (Å²) in [5.74, 6) is 0.0363. The number of esters is 2. The lowest BCUT2D eigenvalue weighted by atomic mass is 9.79. The minimum Gasteiger partial charge on any atom is -0.463 e. The summed E-state index contributed by atoms with van der Waals surface area (Å²) in [6, 6.07) is 26.8. The van der Waals surface area contributed by atoms with Gasteiger partial charge in [-0.3, -0.25) is 0 Å². The average molecular weight is 1110 g/mol. The van der Waals surface area contributed by atoms with Gasteiger partial charge in [-0.25, -0.2) is 37.7 Å². The Morgan fingerprint density at radius 3 is 1.65 bits per heavy atom. The third-order valence-corrected chi connectivity index (χ3v) is 11.2. The summed E-state index contributed by atoms with van der Waals surface area (Å²) in [6.45, 7) is 11.8. The molecule has 4 aromatic heterocycles. The van der Waals surface area contributed by atoms with Crippen molar-refractivity contribution < 1.29 is 37.9 Å². The van der Waals surface area contributed by atoms with E-state index in [2.05, 4.69) is 51.7 Å². The van der Waals surface area contributed by atoms with E-state index in [0.717, 1.165) is 39.5 Å². The molecule has 0 saturated heterocycles. The molecule has 16 nitrogen and oxygen atoms in total. The molecular formula is C52H48BBrCl2F2N10O6. The fourth-order valence-electron chi connectivity index (χ4n) is 6.80. The van der Waals surface area contributed by atoms with Crippen LogP contribution in [0.15, 0.2) is 126 Å². The number of benzene rings is 4. The number of halogens is 5. The predicted octanol–water partition coefficient (Wildman–Crippen LogP) is 10.6. The summed E-state index contributed by atoms with van der Waals surface area (Å²) in [6.07, 6.45) is 9.27. The van der Waals surface area contributed by atoms with Crippen molar-refractivity contribution in [3.63, 3.8) is 0 Å². The van der Waals surface area contributed by atoms with Gasteiger partial charge in [0.25, 0.3) is 0 Å². The highest BCUT2D eigenvalue weighted by atomic mass is 79.9. The molecule has 0 bridgehead atoms. The van der Waals surface area contributed by atoms with Crippen LogP contribution in [0.5, 0.6) is 0 Å². The summed E-state index contributed by atoms with van der Waals surface area (Å²) in [5.41, 5.74) is 8.23. The largest absolute Gasteiger partial charge is 0.488 e. The Balaban J connectivity index is 0.000000196. The number of anilines is 4. The van der Waals surface area contributed by atoms with E-state index in [0.29, 0.717) is 63.6 Å². The zero-order valence-electron chi connectivity index (χ0n) is 40.7. The third-order valence-electron chi connectivity index (χ3n) is 10.1. The Morgan fingerprint density at radius 1 is 0.676 bits per heavy atom. The maximum absolute atomic E-state index is 13.5. The van der Waals surface area contributed by atoms with Gasteiger partial charge in [0.05, 0.1) is 39.1 Å². The van der Waals surface area contributed by atoms with Gasteiger partial charge in [-0.1, -0.05) is 65.7 Å². The number of hydrogen-bond donors (Lipinski definition) is 4. The van der Waals surface area contributed by atoms with Gasteiger partial charge in [0.1, 0.15) is 11.6 Å². The number of nitrogens with zero attached hydrogens (tertiary/aromatic N) is 8. The number of rotatable bonds is 14. The van der Waals surface area contributed by atoms with Crippen molar-refractivity contribution in [3.05, 3.63) is 182 Å². The van der Waals surface area contributed by atoms with Crippen LogP contribution in [0.1, 0.15) is 47.8 Å². The second-order valence-electron chi connectivity index (χ2n) is 15.8. The molecule has 4 N–H and O–H groups in total. The van der Waals surface area contributed by atoms with Crippen molar-refractivity contribution in [2.45, 2.75) is 41.5 Å². The lowest BCUT2D eigenvalue weighted by Gasteiger charge is -2.13. The van der Waals surface area contributed by atoms with E-state index < -0.39 is 30.7 Å². The zero-order chi connectivity index (χ0) is 53.5. The van der Waals surface area contributed by atoms with E-state index >= 15 is 0 Å². The van der Waals surface area contributed by atoms with E-state index in [9.17, 15) is 18.4 Å². The molecule has 22 heteroatoms. The van der Waals surface area contributed by atoms with Gasteiger partial charge in [0, 0.05) is 52.9 Å². The molecule has 0 spiro atoms. The lowest BCUT2D eigenvalue weighted by Crippen LogP contribution is -2.29. The number of aryl methyl sites for hydroxylation is 4. The lowest BCUT2D eigenvalue weighted by molar-refractivity contribution is -0.138. The molecular weight excluding hydrogens is 1060 g/mol. The van der Waals surface area contributed by atoms with Crippen molar-refractivity contribution in [3.8, 4) is 22.8 Å². The van der Waals surface area contributed by atoms with Gasteiger partial charge < -0.3 is 30.2 Å². The van der Waals surface area contributed by atoms with Gasteiger partial charge in [0.2, 0.25) is 11.9 Å². The van der Waals surface area contributed by atoms with Crippen LogP contribution in [0.4, 0.5) is 32.1 Å². The van der Waals surface area contributed by atoms with Gasteiger partial charge in [0.15, 0.2) is 11.6 Å². The van der Waals surface area contributed by atoms with Crippen LogP contribution in [0.25, 0.3) is 34.9 Å². The molecule has 0 aliphatic rings. The topological polar surface area (TPSA) is 204 Å². The standard InChI is InChI=1S/C26H23ClFN5O2.C15H12BrClFN5.C11H13BO4/c1-4-35-24(34)11-8-18-6-5-7-19(13-18)21-15-29-26(30-20-9-10-23(28)22(27)14-20)31-25(21)33-17(3)12-16(2)32-33;1-8-5-9(2)23(22-8)14-11(16)7-19-15(21-14)20-10-3-4-13(18)12(17)6-10;1-2-16-11(13)7-6-9-4-3-5-10(8-9)12(14)15/h5-15H,4H2,1-3H3,(H,29,30,31);3-7H,1-2H3,(H,19,20,21);3-8,14-15H,2H2,1H3/b11-8+;;7-6+. The van der Waals surface area contributed by atoms with Crippen molar-refractivity contribution in [1.82, 2.24) is 39.5 Å². The van der Waals surface area contributed by atoms with Crippen molar-refractivity contribution in [1.29, 1.82) is 0 Å². The molecule has 0 unspecified atom stereocenters. The first kappa shape index (κ1) is 55.7. The first-order valence-electron chi connectivity index (χ1n) is 22.6. The Hall–Kier alpha value is -7.62. The molecule has 4 heterocycles. The summed E-state index contributed by atoms with van der Waals surface area (Å²) in [5, 5.41) is 33.0. The van der Waals surface area contributed by atoms with Crippen LogP contribution in [0.2, 0.25) is 10.0 Å². The Bertz CT molecular complexity index is 3340. The maximum atomic E-state index is 13.5. The molecule has 0 aliphatic heterocycles. The van der Waals surface area contributed by atoms with Gasteiger partial charge in [-0.15, -0.1) is 0 Å². The van der Waals surface area contributed by atoms with Crippen LogP contribution < -0.4 is 16.1 Å². The molecule has 380 valence electrons. The third kappa shape index (κ3) is 15.7. The van der Waals surface area contributed by atoms with Crippen molar-refractivity contribution in [2.75, 3.05) is 23.8 Å². The number of nitrogens with one attached hydrogen (secondary N) is 2. The van der Waals surface area contributed by atoms with Crippen molar-refractivity contribution >= 4 is 99.1 Å². The molecule has 0 aliphatic carbocycles. The average Bonchev–Trinajstić information content (AvgIpc) is 3.90. The fraction of sp³-hybridized carbons (Fsp3) is 0.154. The molecule has 0 amide bonds. The number of hydrogen-bond acceptors (Lipinski definition) is 14. The smallest absolute Gasteiger partial charge is 0.463 e. The minimum atomic E-state index is -1.50. The van der Waals surface area contributed by atoms with Gasteiger partial charge >= 0.3 is 19.1 Å². The van der Waals surface area contributed by atoms with Gasteiger partial charge in [-0.05, 0) is 146 Å². The SMILES string of the molecule is CCOC(=O)/C=C/c1cccc(-c2cnc(Nc3ccc(F)c(Cl)c3)nc2-n2nc(C)cc2C)c1.CCOC(=O)/C=C/c1cccc(B(O)O)c1.Cc1cc(C)n(-c2nc(Nc3ccc(F)c(Cl)c3)ncc2Br)n1. The number of aromatic nitrogens is 8. The second-order valence-corrected chi connectivity index (χ2v) is 17.5. The Labute approximate surface area is 444 Å². The number of carbonyl (C=O) groups excluding carboxylic acids is 2. The number of carbonyl (C=O) groups is 2. The van der Waals surface area contributed by atoms with Crippen LogP contribution in [0.3, 0.4) is 0 Å². The normalized spacial score (nSPS) is 10.9. The predicted molar refractivity (Wildman–Crippen MR) is 287 cm³/mol. The highest BCUT2D eigenvalue weighted by Crippen LogP contribution is 2.30. The molecule has 0 radical (unpaired) electrons. The summed E-state index contributed by atoms with van der Waals surface area (Å²) < 4.78 is 40.6. The summed E-state index contributed by atoms with van der Waals surface area (Å²) >= 11 is 15.1. The van der Waals surface area contributed by atoms with Crippen LogP contribution in [-0.4, -0.2) is 81.8 Å². The van der Waals surface area contributed by atoms with Crippen molar-refractivity contribution in [2.24, 2.45) is 0 Å². The quantitative estimate of drug-likeness (QED) is 0.0455. The Morgan fingerprint density at radius 2 is 1.16 bits per heavy atom. The minimum absolute atomic E-state index is 0.00178. The fourth-order valence-corrected chi connectivity index (χ4v) is 7.52. The highest BCUT2D eigenvalue weighted by Gasteiger charge is 2.17. The Kier molecular flexibility index (Phi) is 19.8. The summed E-state index contributed by atoms with van der Waals surface area (Å²) in [7, 11) is -1.50. The van der Waals surface area contributed by atoms with E-state index in [-0.39, 0.29) is 10.0 Å². The molecule has 74 heavy (non-hydrogen) atoms. The molecule has 0 fully saturated rings.